The topological polar surface area (TPSA) is 20.2 Å². The van der Waals surface area contributed by atoms with Gasteiger partial charge in [0.15, 0.2) is 0 Å². The van der Waals surface area contributed by atoms with E-state index in [4.69, 9.17) is 0 Å². The molecule has 17 heavy (non-hydrogen) atoms. The smallest absolute Gasteiger partial charge is 0.139 e. The van der Waals surface area contributed by atoms with E-state index >= 15 is 0 Å². The maximum Gasteiger partial charge on any atom is 0.139 e. The molecule has 0 spiro atoms. The molecule has 92 valence electrons. The summed E-state index contributed by atoms with van der Waals surface area (Å²) >= 11 is 0. The van der Waals surface area contributed by atoms with Crippen molar-refractivity contribution in [3.63, 3.8) is 0 Å². The highest BCUT2D eigenvalue weighted by Gasteiger charge is 2.33. The second-order valence-corrected chi connectivity index (χ2v) is 11.0. The van der Waals surface area contributed by atoms with Crippen molar-refractivity contribution < 1.29 is 5.11 Å². The molecule has 0 unspecified atom stereocenters. The molecule has 0 saturated heterocycles. The van der Waals surface area contributed by atoms with Crippen molar-refractivity contribution in [3.8, 4) is 11.5 Å². The van der Waals surface area contributed by atoms with Crippen LogP contribution in [-0.2, 0) is 0 Å². The summed E-state index contributed by atoms with van der Waals surface area (Å²) in [7, 11) is -1.62. The van der Waals surface area contributed by atoms with Crippen molar-refractivity contribution in [2.45, 2.75) is 45.0 Å². The van der Waals surface area contributed by atoms with Gasteiger partial charge in [-0.3, -0.25) is 0 Å². The molecule has 0 heterocycles. The predicted octanol–water partition coefficient (Wildman–Crippen LogP) is 3.77. The zero-order chi connectivity index (χ0) is 13.1. The lowest BCUT2D eigenvalue weighted by Gasteiger charge is -2.31. The van der Waals surface area contributed by atoms with E-state index in [0.717, 1.165) is 5.56 Å². The van der Waals surface area contributed by atoms with Crippen molar-refractivity contribution >= 4 is 8.07 Å². The quantitative estimate of drug-likeness (QED) is 0.591. The standard InChI is InChI=1S/C15H22OSi/c1-15(2,3)17(4,5)12-11-14(16)13-9-7-6-8-10-13/h6-10,14,16H,1-5H3/t14-/m0/s1. The summed E-state index contributed by atoms with van der Waals surface area (Å²) in [6.07, 6.45) is -0.662. The van der Waals surface area contributed by atoms with Crippen LogP contribution in [0.5, 0.6) is 0 Å². The van der Waals surface area contributed by atoms with Gasteiger partial charge >= 0.3 is 0 Å². The average Bonchev–Trinajstić information content (AvgIpc) is 2.25. The first kappa shape index (κ1) is 14.0. The Kier molecular flexibility index (Phi) is 4.19. The largest absolute Gasteiger partial charge is 0.376 e. The number of hydrogen-bond donors (Lipinski definition) is 1. The second kappa shape index (κ2) is 5.08. The van der Waals surface area contributed by atoms with Crippen molar-refractivity contribution in [1.82, 2.24) is 0 Å². The van der Waals surface area contributed by atoms with Crippen LogP contribution in [0, 0.1) is 11.5 Å². The van der Waals surface area contributed by atoms with Crippen LogP contribution in [0.1, 0.15) is 32.4 Å². The molecule has 1 aromatic carbocycles. The van der Waals surface area contributed by atoms with Crippen LogP contribution >= 0.6 is 0 Å². The van der Waals surface area contributed by atoms with E-state index in [9.17, 15) is 5.11 Å². The molecule has 0 aliphatic rings. The Bertz CT molecular complexity index is 418. The Morgan fingerprint density at radius 3 is 2.12 bits per heavy atom. The lowest BCUT2D eigenvalue weighted by atomic mass is 10.1. The Labute approximate surface area is 106 Å². The third-order valence-electron chi connectivity index (χ3n) is 3.51. The fraction of sp³-hybridized carbons (Fsp3) is 0.467. The van der Waals surface area contributed by atoms with Crippen LogP contribution in [0.15, 0.2) is 30.3 Å². The SMILES string of the molecule is CC(C)(C)[Si](C)(C)C#C[C@H](O)c1ccccc1. The number of benzene rings is 1. The zero-order valence-corrected chi connectivity index (χ0v) is 12.4. The summed E-state index contributed by atoms with van der Waals surface area (Å²) in [4.78, 5) is 0. The minimum atomic E-state index is -1.62. The number of aliphatic hydroxyl groups is 1. The maximum atomic E-state index is 10.00. The monoisotopic (exact) mass is 246 g/mol. The molecule has 0 amide bonds. The first-order valence-electron chi connectivity index (χ1n) is 6.00. The fourth-order valence-electron chi connectivity index (χ4n) is 1.15. The van der Waals surface area contributed by atoms with E-state index in [-0.39, 0.29) is 5.04 Å². The highest BCUT2D eigenvalue weighted by atomic mass is 28.3. The summed E-state index contributed by atoms with van der Waals surface area (Å²) in [5.74, 6) is 3.01. The van der Waals surface area contributed by atoms with Gasteiger partial charge in [-0.1, -0.05) is 70.1 Å². The summed E-state index contributed by atoms with van der Waals surface area (Å²) in [6.45, 7) is 11.2. The Morgan fingerprint density at radius 1 is 1.12 bits per heavy atom. The number of aliphatic hydroxyl groups excluding tert-OH is 1. The number of rotatable bonds is 1. The lowest BCUT2D eigenvalue weighted by molar-refractivity contribution is 0.238. The lowest BCUT2D eigenvalue weighted by Crippen LogP contribution is -2.35. The molecule has 1 nitrogen and oxygen atoms in total. The Morgan fingerprint density at radius 2 is 1.65 bits per heavy atom. The highest BCUT2D eigenvalue weighted by molar-refractivity contribution is 6.87. The van der Waals surface area contributed by atoms with Crippen LogP contribution in [0.25, 0.3) is 0 Å². The van der Waals surface area contributed by atoms with Crippen LogP contribution in [-0.4, -0.2) is 13.2 Å². The van der Waals surface area contributed by atoms with E-state index in [1.807, 2.05) is 30.3 Å². The van der Waals surface area contributed by atoms with Crippen molar-refractivity contribution in [2.75, 3.05) is 0 Å². The van der Waals surface area contributed by atoms with Gasteiger partial charge in [0.2, 0.25) is 0 Å². The first-order valence-corrected chi connectivity index (χ1v) is 9.00. The molecular weight excluding hydrogens is 224 g/mol. The molecule has 0 fully saturated rings. The van der Waals surface area contributed by atoms with Gasteiger partial charge in [-0.05, 0) is 10.6 Å². The predicted molar refractivity (Wildman–Crippen MR) is 76.4 cm³/mol. The number of hydrogen-bond acceptors (Lipinski definition) is 1. The Balaban J connectivity index is 2.87. The molecule has 1 N–H and O–H groups in total. The van der Waals surface area contributed by atoms with Gasteiger partial charge in [-0.2, -0.15) is 0 Å². The van der Waals surface area contributed by atoms with E-state index in [0.29, 0.717) is 0 Å². The van der Waals surface area contributed by atoms with E-state index in [2.05, 4.69) is 45.3 Å². The van der Waals surface area contributed by atoms with E-state index in [1.54, 1.807) is 0 Å². The molecule has 0 bridgehead atoms. The molecule has 0 saturated carbocycles. The van der Waals surface area contributed by atoms with Gasteiger partial charge in [0.05, 0.1) is 0 Å². The second-order valence-electron chi connectivity index (χ2n) is 5.96. The molecule has 1 aromatic rings. The molecule has 2 heteroatoms. The third kappa shape index (κ3) is 3.73. The molecule has 0 aliphatic heterocycles. The van der Waals surface area contributed by atoms with Gasteiger partial charge in [-0.25, -0.2) is 0 Å². The van der Waals surface area contributed by atoms with Crippen LogP contribution in [0.4, 0.5) is 0 Å². The molecular formula is C15H22OSi. The van der Waals surface area contributed by atoms with Crippen molar-refractivity contribution in [2.24, 2.45) is 0 Å². The molecule has 1 rings (SSSR count). The third-order valence-corrected chi connectivity index (χ3v) is 8.03. The molecule has 0 aromatic heterocycles. The van der Waals surface area contributed by atoms with Crippen LogP contribution in [0.2, 0.25) is 18.1 Å². The molecule has 1 atom stereocenters. The average molecular weight is 246 g/mol. The van der Waals surface area contributed by atoms with Crippen LogP contribution in [0.3, 0.4) is 0 Å². The van der Waals surface area contributed by atoms with Gasteiger partial charge < -0.3 is 5.11 Å². The summed E-state index contributed by atoms with van der Waals surface area (Å²) in [5.41, 5.74) is 4.21. The van der Waals surface area contributed by atoms with E-state index in [1.165, 1.54) is 0 Å². The van der Waals surface area contributed by atoms with E-state index < -0.39 is 14.2 Å². The Hall–Kier alpha value is -1.04. The van der Waals surface area contributed by atoms with Gasteiger partial charge in [0, 0.05) is 0 Å². The normalized spacial score (nSPS) is 13.8. The van der Waals surface area contributed by atoms with Crippen LogP contribution < -0.4 is 0 Å². The first-order chi connectivity index (χ1) is 7.74. The fourth-order valence-corrected chi connectivity index (χ4v) is 2.03. The highest BCUT2D eigenvalue weighted by Crippen LogP contribution is 2.35. The summed E-state index contributed by atoms with van der Waals surface area (Å²) in [5, 5.41) is 10.2. The van der Waals surface area contributed by atoms with Gasteiger partial charge in [0.1, 0.15) is 14.2 Å². The summed E-state index contributed by atoms with van der Waals surface area (Å²) in [6, 6.07) is 9.60. The summed E-state index contributed by atoms with van der Waals surface area (Å²) < 4.78 is 0. The minimum Gasteiger partial charge on any atom is -0.376 e. The van der Waals surface area contributed by atoms with Gasteiger partial charge in [-0.15, -0.1) is 5.54 Å². The van der Waals surface area contributed by atoms with Crippen molar-refractivity contribution in [1.29, 1.82) is 0 Å². The van der Waals surface area contributed by atoms with Gasteiger partial charge in [0.25, 0.3) is 0 Å². The molecule has 0 aliphatic carbocycles. The minimum absolute atomic E-state index is 0.233. The maximum absolute atomic E-state index is 10.00. The zero-order valence-electron chi connectivity index (χ0n) is 11.4. The van der Waals surface area contributed by atoms with Crippen molar-refractivity contribution in [3.05, 3.63) is 35.9 Å². The molecule has 0 radical (unpaired) electrons.